The maximum atomic E-state index is 4.72. The van der Waals surface area contributed by atoms with Gasteiger partial charge < -0.3 is 4.57 Å². The zero-order chi connectivity index (χ0) is 15.6. The number of thioether (sulfide) groups is 1. The molecule has 1 aliphatic rings. The van der Waals surface area contributed by atoms with Gasteiger partial charge in [-0.15, -0.1) is 21.5 Å². The van der Waals surface area contributed by atoms with Gasteiger partial charge >= 0.3 is 0 Å². The van der Waals surface area contributed by atoms with Gasteiger partial charge in [0, 0.05) is 6.04 Å². The predicted molar refractivity (Wildman–Crippen MR) is 96.1 cm³/mol. The van der Waals surface area contributed by atoms with Gasteiger partial charge in [0.25, 0.3) is 0 Å². The number of thiazole rings is 1. The van der Waals surface area contributed by atoms with Crippen molar-refractivity contribution in [3.05, 3.63) is 35.1 Å². The van der Waals surface area contributed by atoms with Gasteiger partial charge in [-0.25, -0.2) is 4.98 Å². The summed E-state index contributed by atoms with van der Waals surface area (Å²) in [5.41, 5.74) is 1.10. The highest BCUT2D eigenvalue weighted by Crippen LogP contribution is 2.34. The summed E-state index contributed by atoms with van der Waals surface area (Å²) >= 11 is 3.54. The number of nitrogens with zero attached hydrogens (tertiary/aromatic N) is 4. The van der Waals surface area contributed by atoms with Gasteiger partial charge in [-0.2, -0.15) is 0 Å². The summed E-state index contributed by atoms with van der Waals surface area (Å²) in [6.07, 6.45) is 6.53. The number of fused-ring (bicyclic) bond motifs is 1. The molecule has 0 unspecified atom stereocenters. The van der Waals surface area contributed by atoms with E-state index in [1.807, 2.05) is 6.07 Å². The minimum atomic E-state index is 0.580. The van der Waals surface area contributed by atoms with E-state index >= 15 is 0 Å². The topological polar surface area (TPSA) is 43.6 Å². The lowest BCUT2D eigenvalue weighted by atomic mass is 9.95. The number of para-hydroxylation sites is 1. The Hall–Kier alpha value is -1.40. The lowest BCUT2D eigenvalue weighted by Crippen LogP contribution is -2.15. The van der Waals surface area contributed by atoms with Gasteiger partial charge in [-0.3, -0.25) is 0 Å². The number of hydrogen-bond acceptors (Lipinski definition) is 5. The average molecular weight is 345 g/mol. The van der Waals surface area contributed by atoms with Crippen LogP contribution in [-0.2, 0) is 5.75 Å². The van der Waals surface area contributed by atoms with Crippen LogP contribution in [0.2, 0.25) is 0 Å². The van der Waals surface area contributed by atoms with Crippen LogP contribution in [0.5, 0.6) is 0 Å². The van der Waals surface area contributed by atoms with Crippen LogP contribution in [-0.4, -0.2) is 19.7 Å². The zero-order valence-corrected chi connectivity index (χ0v) is 14.9. The molecule has 0 aliphatic heterocycles. The molecule has 0 spiro atoms. The standard InChI is InChI=1S/C17H20N4S2/c1-12-19-20-17(21(12)13-7-3-2-4-8-13)22-11-16-18-14-9-5-6-10-15(14)23-16/h5-6,9-10,13H,2-4,7-8,11H2,1H3. The summed E-state index contributed by atoms with van der Waals surface area (Å²) < 4.78 is 3.62. The number of benzene rings is 1. The normalized spacial score (nSPS) is 16.2. The molecule has 2 aromatic heterocycles. The highest BCUT2D eigenvalue weighted by Gasteiger charge is 2.21. The zero-order valence-electron chi connectivity index (χ0n) is 13.2. The van der Waals surface area contributed by atoms with Crippen molar-refractivity contribution in [3.63, 3.8) is 0 Å². The number of rotatable bonds is 4. The second kappa shape index (κ2) is 6.61. The third-order valence-electron chi connectivity index (χ3n) is 4.44. The van der Waals surface area contributed by atoms with Crippen molar-refractivity contribution in [1.29, 1.82) is 0 Å². The Balaban J connectivity index is 1.52. The van der Waals surface area contributed by atoms with Crippen LogP contribution in [0.4, 0.5) is 0 Å². The third kappa shape index (κ3) is 3.15. The van der Waals surface area contributed by atoms with Crippen molar-refractivity contribution in [2.75, 3.05) is 0 Å². The first kappa shape index (κ1) is 15.1. The van der Waals surface area contributed by atoms with E-state index in [2.05, 4.69) is 39.9 Å². The second-order valence-corrected chi connectivity index (χ2v) is 8.11. The van der Waals surface area contributed by atoms with Gasteiger partial charge in [0.05, 0.1) is 16.0 Å². The van der Waals surface area contributed by atoms with E-state index in [1.54, 1.807) is 23.1 Å². The molecule has 6 heteroatoms. The Morgan fingerprint density at radius 2 is 2.00 bits per heavy atom. The first-order chi connectivity index (χ1) is 11.3. The van der Waals surface area contributed by atoms with Crippen molar-refractivity contribution >= 4 is 33.3 Å². The molecule has 0 atom stereocenters. The maximum absolute atomic E-state index is 4.72. The molecular weight excluding hydrogens is 324 g/mol. The fourth-order valence-electron chi connectivity index (χ4n) is 3.32. The fourth-order valence-corrected chi connectivity index (χ4v) is 5.33. The quantitative estimate of drug-likeness (QED) is 0.625. The summed E-state index contributed by atoms with van der Waals surface area (Å²) in [5, 5.41) is 10.9. The molecule has 4 nitrogen and oxygen atoms in total. The summed E-state index contributed by atoms with van der Waals surface area (Å²) in [7, 11) is 0. The van der Waals surface area contributed by atoms with Crippen molar-refractivity contribution in [2.24, 2.45) is 0 Å². The largest absolute Gasteiger partial charge is 0.303 e. The Morgan fingerprint density at radius 3 is 2.83 bits per heavy atom. The molecule has 2 heterocycles. The molecule has 1 fully saturated rings. The first-order valence-electron chi connectivity index (χ1n) is 8.20. The molecule has 1 saturated carbocycles. The molecule has 0 saturated heterocycles. The Bertz CT molecular complexity index is 769. The molecule has 4 rings (SSSR count). The van der Waals surface area contributed by atoms with Crippen LogP contribution in [0.15, 0.2) is 29.4 Å². The van der Waals surface area contributed by atoms with Crippen LogP contribution in [0.3, 0.4) is 0 Å². The summed E-state index contributed by atoms with van der Waals surface area (Å²) in [6.45, 7) is 2.07. The monoisotopic (exact) mass is 344 g/mol. The lowest BCUT2D eigenvalue weighted by molar-refractivity contribution is 0.332. The molecule has 0 N–H and O–H groups in total. The molecule has 0 bridgehead atoms. The Kier molecular flexibility index (Phi) is 4.35. The highest BCUT2D eigenvalue weighted by molar-refractivity contribution is 7.98. The molecule has 0 amide bonds. The Labute approximate surface area is 144 Å². The van der Waals surface area contributed by atoms with Crippen LogP contribution in [0.1, 0.15) is 49.0 Å². The van der Waals surface area contributed by atoms with Gasteiger partial charge in [0.15, 0.2) is 5.16 Å². The fraction of sp³-hybridized carbons (Fsp3) is 0.471. The smallest absolute Gasteiger partial charge is 0.191 e. The van der Waals surface area contributed by atoms with Crippen LogP contribution >= 0.6 is 23.1 Å². The van der Waals surface area contributed by atoms with Crippen LogP contribution < -0.4 is 0 Å². The maximum Gasteiger partial charge on any atom is 0.191 e. The minimum absolute atomic E-state index is 0.580. The molecular formula is C17H20N4S2. The van der Waals surface area contributed by atoms with Gasteiger partial charge in [-0.1, -0.05) is 43.2 Å². The first-order valence-corrected chi connectivity index (χ1v) is 10.0. The van der Waals surface area contributed by atoms with Crippen molar-refractivity contribution in [3.8, 4) is 0 Å². The van der Waals surface area contributed by atoms with Crippen molar-refractivity contribution < 1.29 is 0 Å². The molecule has 3 aromatic rings. The van der Waals surface area contributed by atoms with E-state index in [9.17, 15) is 0 Å². The molecule has 23 heavy (non-hydrogen) atoms. The molecule has 0 radical (unpaired) electrons. The SMILES string of the molecule is Cc1nnc(SCc2nc3ccccc3s2)n1C1CCCCC1. The van der Waals surface area contributed by atoms with E-state index in [0.29, 0.717) is 6.04 Å². The van der Waals surface area contributed by atoms with E-state index in [-0.39, 0.29) is 0 Å². The number of hydrogen-bond donors (Lipinski definition) is 0. The Morgan fingerprint density at radius 1 is 1.17 bits per heavy atom. The van der Waals surface area contributed by atoms with Gasteiger partial charge in [-0.05, 0) is 31.9 Å². The van der Waals surface area contributed by atoms with E-state index in [1.165, 1.54) is 36.8 Å². The second-order valence-electron chi connectivity index (χ2n) is 6.06. The van der Waals surface area contributed by atoms with Crippen LogP contribution in [0.25, 0.3) is 10.2 Å². The highest BCUT2D eigenvalue weighted by atomic mass is 32.2. The lowest BCUT2D eigenvalue weighted by Gasteiger charge is -2.24. The average Bonchev–Trinajstić information content (AvgIpc) is 3.16. The van der Waals surface area contributed by atoms with Crippen molar-refractivity contribution in [2.45, 2.75) is 56.0 Å². The number of aromatic nitrogens is 4. The van der Waals surface area contributed by atoms with E-state index < -0.39 is 0 Å². The molecule has 120 valence electrons. The van der Waals surface area contributed by atoms with Crippen molar-refractivity contribution in [1.82, 2.24) is 19.7 Å². The summed E-state index contributed by atoms with van der Waals surface area (Å²) in [6, 6.07) is 8.91. The van der Waals surface area contributed by atoms with Gasteiger partial charge in [0.2, 0.25) is 0 Å². The molecule has 1 aliphatic carbocycles. The van der Waals surface area contributed by atoms with Crippen LogP contribution in [0, 0.1) is 6.92 Å². The molecule has 1 aromatic carbocycles. The third-order valence-corrected chi connectivity index (χ3v) is 6.61. The number of aryl methyl sites for hydroxylation is 1. The van der Waals surface area contributed by atoms with Gasteiger partial charge in [0.1, 0.15) is 10.8 Å². The summed E-state index contributed by atoms with van der Waals surface area (Å²) in [5.74, 6) is 1.91. The predicted octanol–water partition coefficient (Wildman–Crippen LogP) is 4.99. The summed E-state index contributed by atoms with van der Waals surface area (Å²) in [4.78, 5) is 4.72. The minimum Gasteiger partial charge on any atom is -0.303 e. The van der Waals surface area contributed by atoms with E-state index in [0.717, 1.165) is 27.3 Å². The van der Waals surface area contributed by atoms with E-state index in [4.69, 9.17) is 4.98 Å².